The highest BCUT2D eigenvalue weighted by atomic mass is 32.1. The molecule has 0 aliphatic heterocycles. The van der Waals surface area contributed by atoms with Crippen LogP contribution in [0, 0.1) is 12.8 Å². The number of aromatic nitrogens is 1. The van der Waals surface area contributed by atoms with Gasteiger partial charge in [-0.15, -0.1) is 11.3 Å². The molecule has 1 aromatic rings. The summed E-state index contributed by atoms with van der Waals surface area (Å²) in [5.74, 6) is 0.251. The number of hydrogen-bond acceptors (Lipinski definition) is 3. The first-order valence-corrected chi connectivity index (χ1v) is 6.60. The van der Waals surface area contributed by atoms with E-state index in [9.17, 15) is 4.79 Å². The maximum absolute atomic E-state index is 11.1. The third-order valence-corrected chi connectivity index (χ3v) is 4.40. The highest BCUT2D eigenvalue weighted by Crippen LogP contribution is 2.39. The number of carboxylic acid groups (broad SMARTS) is 1. The summed E-state index contributed by atoms with van der Waals surface area (Å²) in [5, 5.41) is 9.99. The molecule has 0 aromatic carbocycles. The monoisotopic (exact) mass is 239 g/mol. The molecule has 0 bridgehead atoms. The van der Waals surface area contributed by atoms with Gasteiger partial charge >= 0.3 is 5.97 Å². The van der Waals surface area contributed by atoms with Gasteiger partial charge in [-0.1, -0.05) is 19.8 Å². The molecule has 1 aromatic heterocycles. The largest absolute Gasteiger partial charge is 0.476 e. The molecule has 88 valence electrons. The average molecular weight is 239 g/mol. The third kappa shape index (κ3) is 2.26. The first-order valence-electron chi connectivity index (χ1n) is 5.78. The maximum Gasteiger partial charge on any atom is 0.355 e. The van der Waals surface area contributed by atoms with Crippen molar-refractivity contribution in [3.63, 3.8) is 0 Å². The number of carboxylic acids is 1. The van der Waals surface area contributed by atoms with Crippen molar-refractivity contribution in [1.82, 2.24) is 4.98 Å². The van der Waals surface area contributed by atoms with Gasteiger partial charge < -0.3 is 5.11 Å². The smallest absolute Gasteiger partial charge is 0.355 e. The molecule has 2 rings (SSSR count). The molecule has 0 amide bonds. The van der Waals surface area contributed by atoms with Gasteiger partial charge in [-0.2, -0.15) is 0 Å². The number of hydrogen-bond donors (Lipinski definition) is 1. The van der Waals surface area contributed by atoms with E-state index in [2.05, 4.69) is 11.9 Å². The molecule has 0 saturated heterocycles. The van der Waals surface area contributed by atoms with Crippen LogP contribution >= 0.6 is 11.3 Å². The van der Waals surface area contributed by atoms with Crippen LogP contribution in [-0.4, -0.2) is 16.1 Å². The second-order valence-electron chi connectivity index (χ2n) is 4.72. The SMILES string of the molecule is Cc1nc(C(=O)O)c(C2CCCC(C)C2)s1. The number of rotatable bonds is 2. The molecule has 2 unspecified atom stereocenters. The highest BCUT2D eigenvalue weighted by molar-refractivity contribution is 7.12. The molecule has 1 aliphatic carbocycles. The molecule has 1 aliphatic rings. The fraction of sp³-hybridized carbons (Fsp3) is 0.667. The van der Waals surface area contributed by atoms with Crippen molar-refractivity contribution < 1.29 is 9.90 Å². The summed E-state index contributed by atoms with van der Waals surface area (Å²) in [4.78, 5) is 16.2. The first kappa shape index (κ1) is 11.6. The Morgan fingerprint density at radius 2 is 2.25 bits per heavy atom. The van der Waals surface area contributed by atoms with Crippen molar-refractivity contribution in [3.8, 4) is 0 Å². The quantitative estimate of drug-likeness (QED) is 0.860. The number of thiazole rings is 1. The zero-order valence-electron chi connectivity index (χ0n) is 9.69. The van der Waals surface area contributed by atoms with Gasteiger partial charge in [-0.3, -0.25) is 0 Å². The predicted octanol–water partition coefficient (Wildman–Crippen LogP) is 3.44. The van der Waals surface area contributed by atoms with E-state index in [1.165, 1.54) is 12.8 Å². The average Bonchev–Trinajstić information content (AvgIpc) is 2.60. The Balaban J connectivity index is 2.28. The van der Waals surface area contributed by atoms with Gasteiger partial charge in [-0.25, -0.2) is 9.78 Å². The molecule has 16 heavy (non-hydrogen) atoms. The van der Waals surface area contributed by atoms with Gasteiger partial charge in [0.25, 0.3) is 0 Å². The Hall–Kier alpha value is -0.900. The van der Waals surface area contributed by atoms with Gasteiger partial charge in [0.2, 0.25) is 0 Å². The molecular weight excluding hydrogens is 222 g/mol. The summed E-state index contributed by atoms with van der Waals surface area (Å²) in [5.41, 5.74) is 0.293. The first-order chi connectivity index (χ1) is 7.58. The Morgan fingerprint density at radius 1 is 1.50 bits per heavy atom. The van der Waals surface area contributed by atoms with Crippen LogP contribution in [0.5, 0.6) is 0 Å². The summed E-state index contributed by atoms with van der Waals surface area (Å²) >= 11 is 1.56. The molecule has 0 spiro atoms. The number of carbonyl (C=O) groups is 1. The molecule has 3 nitrogen and oxygen atoms in total. The lowest BCUT2D eigenvalue weighted by Gasteiger charge is -2.25. The lowest BCUT2D eigenvalue weighted by molar-refractivity contribution is 0.0689. The van der Waals surface area contributed by atoms with Crippen molar-refractivity contribution >= 4 is 17.3 Å². The van der Waals surface area contributed by atoms with Crippen LogP contribution in [0.4, 0.5) is 0 Å². The van der Waals surface area contributed by atoms with E-state index < -0.39 is 5.97 Å². The van der Waals surface area contributed by atoms with Gasteiger partial charge in [0.15, 0.2) is 5.69 Å². The Kier molecular flexibility index (Phi) is 3.28. The van der Waals surface area contributed by atoms with E-state index in [1.54, 1.807) is 11.3 Å². The van der Waals surface area contributed by atoms with Crippen molar-refractivity contribution in [2.24, 2.45) is 5.92 Å². The normalized spacial score (nSPS) is 25.6. The van der Waals surface area contributed by atoms with Crippen molar-refractivity contribution in [2.75, 3.05) is 0 Å². The topological polar surface area (TPSA) is 50.2 Å². The summed E-state index contributed by atoms with van der Waals surface area (Å²) in [6, 6.07) is 0. The minimum Gasteiger partial charge on any atom is -0.476 e. The van der Waals surface area contributed by atoms with E-state index in [0.717, 1.165) is 22.7 Å². The minimum atomic E-state index is -0.877. The molecule has 1 heterocycles. The van der Waals surface area contributed by atoms with Crippen molar-refractivity contribution in [3.05, 3.63) is 15.6 Å². The summed E-state index contributed by atoms with van der Waals surface area (Å²) in [6.45, 7) is 4.13. The van der Waals surface area contributed by atoms with Crippen LogP contribution in [0.1, 0.15) is 58.9 Å². The number of aromatic carboxylic acids is 1. The number of nitrogens with zero attached hydrogens (tertiary/aromatic N) is 1. The van der Waals surface area contributed by atoms with E-state index >= 15 is 0 Å². The Bertz CT molecular complexity index is 400. The third-order valence-electron chi connectivity index (χ3n) is 3.27. The summed E-state index contributed by atoms with van der Waals surface area (Å²) in [6.07, 6.45) is 4.71. The predicted molar refractivity (Wildman–Crippen MR) is 64.2 cm³/mol. The van der Waals surface area contributed by atoms with E-state index in [0.29, 0.717) is 17.5 Å². The molecule has 1 saturated carbocycles. The van der Waals surface area contributed by atoms with Crippen LogP contribution in [0.3, 0.4) is 0 Å². The summed E-state index contributed by atoms with van der Waals surface area (Å²) in [7, 11) is 0. The van der Waals surface area contributed by atoms with Gasteiger partial charge in [0.05, 0.1) is 5.01 Å². The molecule has 2 atom stereocenters. The lowest BCUT2D eigenvalue weighted by Crippen LogP contribution is -2.13. The molecule has 1 fully saturated rings. The van der Waals surface area contributed by atoms with Crippen LogP contribution in [-0.2, 0) is 0 Å². The minimum absolute atomic E-state index is 0.293. The van der Waals surface area contributed by atoms with E-state index in [-0.39, 0.29) is 0 Å². The fourth-order valence-electron chi connectivity index (χ4n) is 2.54. The van der Waals surface area contributed by atoms with Gasteiger partial charge in [0, 0.05) is 4.88 Å². The van der Waals surface area contributed by atoms with Crippen LogP contribution in [0.2, 0.25) is 0 Å². The Labute approximate surface area is 99.5 Å². The standard InChI is InChI=1S/C12H17NO2S/c1-7-4-3-5-9(6-7)11-10(12(14)15)13-8(2)16-11/h7,9H,3-6H2,1-2H3,(H,14,15). The highest BCUT2D eigenvalue weighted by Gasteiger charge is 2.27. The lowest BCUT2D eigenvalue weighted by atomic mass is 9.81. The second kappa shape index (κ2) is 4.53. The fourth-order valence-corrected chi connectivity index (χ4v) is 3.61. The number of aryl methyl sites for hydroxylation is 1. The maximum atomic E-state index is 11.1. The van der Waals surface area contributed by atoms with Gasteiger partial charge in [-0.05, 0) is 31.6 Å². The van der Waals surface area contributed by atoms with Gasteiger partial charge in [0.1, 0.15) is 0 Å². The van der Waals surface area contributed by atoms with Crippen LogP contribution in [0.15, 0.2) is 0 Å². The Morgan fingerprint density at radius 3 is 2.88 bits per heavy atom. The van der Waals surface area contributed by atoms with Crippen molar-refractivity contribution in [2.45, 2.75) is 45.4 Å². The van der Waals surface area contributed by atoms with Crippen LogP contribution < -0.4 is 0 Å². The zero-order valence-corrected chi connectivity index (χ0v) is 10.5. The molecule has 1 N–H and O–H groups in total. The molecular formula is C12H17NO2S. The van der Waals surface area contributed by atoms with Crippen LogP contribution in [0.25, 0.3) is 0 Å². The van der Waals surface area contributed by atoms with E-state index in [1.807, 2.05) is 6.92 Å². The van der Waals surface area contributed by atoms with Crippen molar-refractivity contribution in [1.29, 1.82) is 0 Å². The summed E-state index contributed by atoms with van der Waals surface area (Å²) < 4.78 is 0. The zero-order chi connectivity index (χ0) is 11.7. The second-order valence-corrected chi connectivity index (χ2v) is 5.95. The molecule has 0 radical (unpaired) electrons. The molecule has 4 heteroatoms. The van der Waals surface area contributed by atoms with E-state index in [4.69, 9.17) is 5.11 Å².